The van der Waals surface area contributed by atoms with E-state index in [9.17, 15) is 5.26 Å². The highest BCUT2D eigenvalue weighted by Crippen LogP contribution is 2.24. The Morgan fingerprint density at radius 2 is 2.10 bits per heavy atom. The largest absolute Gasteiger partial charge is 0.382 e. The van der Waals surface area contributed by atoms with E-state index in [-0.39, 0.29) is 5.82 Å². The van der Waals surface area contributed by atoms with Crippen molar-refractivity contribution in [2.45, 2.75) is 24.9 Å². The monoisotopic (exact) mass is 318 g/mol. The quantitative estimate of drug-likeness (QED) is 0.672. The minimum absolute atomic E-state index is 0.230. The number of hydrogen-bond donors (Lipinski definition) is 1. The van der Waals surface area contributed by atoms with Crippen LogP contribution >= 0.6 is 23.4 Å². The number of aromatic nitrogens is 2. The van der Waals surface area contributed by atoms with Gasteiger partial charge in [0.1, 0.15) is 17.5 Å². The van der Waals surface area contributed by atoms with Gasteiger partial charge in [0.2, 0.25) is 0 Å². The molecule has 0 atom stereocenters. The van der Waals surface area contributed by atoms with Crippen molar-refractivity contribution < 1.29 is 0 Å². The van der Waals surface area contributed by atoms with E-state index in [0.29, 0.717) is 27.9 Å². The van der Waals surface area contributed by atoms with E-state index in [2.05, 4.69) is 23.0 Å². The second-order valence-electron chi connectivity index (χ2n) is 4.44. The maximum absolute atomic E-state index is 9.26. The number of nitrogen functional groups attached to an aromatic ring is 1. The molecule has 0 saturated carbocycles. The molecule has 6 heteroatoms. The van der Waals surface area contributed by atoms with E-state index < -0.39 is 0 Å². The number of nitrogens with zero attached hydrogens (tertiary/aromatic N) is 3. The van der Waals surface area contributed by atoms with Crippen LogP contribution in [0.4, 0.5) is 5.82 Å². The third kappa shape index (κ3) is 3.87. The molecular weight excluding hydrogens is 304 g/mol. The van der Waals surface area contributed by atoms with Gasteiger partial charge in [0.25, 0.3) is 0 Å². The summed E-state index contributed by atoms with van der Waals surface area (Å²) in [6, 6.07) is 9.60. The van der Waals surface area contributed by atoms with Crippen LogP contribution in [-0.4, -0.2) is 15.7 Å². The molecule has 2 rings (SSSR count). The molecule has 0 fully saturated rings. The zero-order valence-corrected chi connectivity index (χ0v) is 13.2. The normalized spacial score (nSPS) is 10.3. The van der Waals surface area contributed by atoms with Gasteiger partial charge in [-0.1, -0.05) is 48.5 Å². The SMILES string of the molecule is CCCSc1nc(N)c(C#N)c(Cc2ccccc2Cl)n1. The molecule has 21 heavy (non-hydrogen) atoms. The van der Waals surface area contributed by atoms with Crippen LogP contribution in [0.3, 0.4) is 0 Å². The zero-order valence-electron chi connectivity index (χ0n) is 11.6. The predicted molar refractivity (Wildman–Crippen MR) is 86.4 cm³/mol. The van der Waals surface area contributed by atoms with Gasteiger partial charge in [-0.15, -0.1) is 0 Å². The average Bonchev–Trinajstić information content (AvgIpc) is 2.47. The minimum Gasteiger partial charge on any atom is -0.382 e. The number of anilines is 1. The molecule has 0 radical (unpaired) electrons. The van der Waals surface area contributed by atoms with E-state index >= 15 is 0 Å². The summed E-state index contributed by atoms with van der Waals surface area (Å²) < 4.78 is 0. The van der Waals surface area contributed by atoms with Crippen molar-refractivity contribution in [1.82, 2.24) is 9.97 Å². The Morgan fingerprint density at radius 1 is 1.33 bits per heavy atom. The summed E-state index contributed by atoms with van der Waals surface area (Å²) in [7, 11) is 0. The second-order valence-corrected chi connectivity index (χ2v) is 5.91. The Labute approximate surface area is 133 Å². The van der Waals surface area contributed by atoms with Gasteiger partial charge in [-0.25, -0.2) is 9.97 Å². The highest BCUT2D eigenvalue weighted by atomic mass is 35.5. The summed E-state index contributed by atoms with van der Waals surface area (Å²) in [4.78, 5) is 8.65. The number of rotatable bonds is 5. The summed E-state index contributed by atoms with van der Waals surface area (Å²) in [6.45, 7) is 2.09. The standard InChI is InChI=1S/C15H15ClN4S/c1-2-7-21-15-19-13(11(9-17)14(18)20-15)8-10-5-3-4-6-12(10)16/h3-6H,2,7-8H2,1H3,(H2,18,19,20). The van der Waals surface area contributed by atoms with Crippen molar-refractivity contribution >= 4 is 29.2 Å². The van der Waals surface area contributed by atoms with Gasteiger partial charge in [0, 0.05) is 17.2 Å². The van der Waals surface area contributed by atoms with Crippen LogP contribution in [0, 0.1) is 11.3 Å². The van der Waals surface area contributed by atoms with Crippen LogP contribution in [0.5, 0.6) is 0 Å². The van der Waals surface area contributed by atoms with Crippen LogP contribution in [-0.2, 0) is 6.42 Å². The van der Waals surface area contributed by atoms with Crippen LogP contribution in [0.15, 0.2) is 29.4 Å². The fraction of sp³-hybridized carbons (Fsp3) is 0.267. The van der Waals surface area contributed by atoms with Gasteiger partial charge < -0.3 is 5.73 Å². The number of halogens is 1. The first-order chi connectivity index (χ1) is 10.2. The van der Waals surface area contributed by atoms with E-state index in [1.54, 1.807) is 0 Å². The summed E-state index contributed by atoms with van der Waals surface area (Å²) >= 11 is 7.71. The van der Waals surface area contributed by atoms with E-state index in [1.165, 1.54) is 11.8 Å². The third-order valence-electron chi connectivity index (χ3n) is 2.85. The fourth-order valence-corrected chi connectivity index (χ4v) is 2.76. The topological polar surface area (TPSA) is 75.6 Å². The highest BCUT2D eigenvalue weighted by Gasteiger charge is 2.14. The van der Waals surface area contributed by atoms with Gasteiger partial charge in [0.05, 0.1) is 5.69 Å². The first kappa shape index (κ1) is 15.6. The van der Waals surface area contributed by atoms with Crippen LogP contribution < -0.4 is 5.73 Å². The number of benzene rings is 1. The lowest BCUT2D eigenvalue weighted by molar-refractivity contribution is 0.900. The zero-order chi connectivity index (χ0) is 15.2. The van der Waals surface area contributed by atoms with Crippen molar-refractivity contribution in [3.63, 3.8) is 0 Å². The summed E-state index contributed by atoms with van der Waals surface area (Å²) in [6.07, 6.45) is 1.49. The maximum atomic E-state index is 9.26. The minimum atomic E-state index is 0.230. The molecule has 1 heterocycles. The summed E-state index contributed by atoms with van der Waals surface area (Å²) in [5, 5.41) is 10.5. The molecule has 0 aliphatic heterocycles. The molecule has 0 aliphatic rings. The Hall–Kier alpha value is -1.77. The van der Waals surface area contributed by atoms with Crippen LogP contribution in [0.1, 0.15) is 30.2 Å². The van der Waals surface area contributed by atoms with Crippen LogP contribution in [0.2, 0.25) is 5.02 Å². The molecule has 0 unspecified atom stereocenters. The van der Waals surface area contributed by atoms with Crippen molar-refractivity contribution in [3.05, 3.63) is 46.1 Å². The van der Waals surface area contributed by atoms with E-state index in [4.69, 9.17) is 17.3 Å². The molecule has 0 aliphatic carbocycles. The summed E-state index contributed by atoms with van der Waals surface area (Å²) in [5.74, 6) is 1.14. The summed E-state index contributed by atoms with van der Waals surface area (Å²) in [5.41, 5.74) is 7.74. The Bertz CT molecular complexity index is 682. The molecule has 0 saturated heterocycles. The number of nitriles is 1. The predicted octanol–water partition coefficient (Wildman–Crippen LogP) is 3.68. The molecular formula is C15H15ClN4S. The molecule has 108 valence electrons. The highest BCUT2D eigenvalue weighted by molar-refractivity contribution is 7.99. The van der Waals surface area contributed by atoms with E-state index in [0.717, 1.165) is 17.7 Å². The third-order valence-corrected chi connectivity index (χ3v) is 4.28. The van der Waals surface area contributed by atoms with Gasteiger partial charge in [-0.05, 0) is 18.1 Å². The lowest BCUT2D eigenvalue weighted by atomic mass is 10.1. The Kier molecular flexibility index (Phi) is 5.43. The molecule has 2 N–H and O–H groups in total. The first-order valence-electron chi connectivity index (χ1n) is 6.58. The molecule has 1 aromatic heterocycles. The van der Waals surface area contributed by atoms with Crippen LogP contribution in [0.25, 0.3) is 0 Å². The van der Waals surface area contributed by atoms with Crippen molar-refractivity contribution in [1.29, 1.82) is 5.26 Å². The lowest BCUT2D eigenvalue weighted by Gasteiger charge is -2.09. The van der Waals surface area contributed by atoms with Gasteiger partial charge in [-0.2, -0.15) is 5.26 Å². The molecule has 4 nitrogen and oxygen atoms in total. The molecule has 0 bridgehead atoms. The number of thioether (sulfide) groups is 1. The molecule has 2 aromatic rings. The molecule has 1 aromatic carbocycles. The lowest BCUT2D eigenvalue weighted by Crippen LogP contribution is -2.06. The number of hydrogen-bond acceptors (Lipinski definition) is 5. The van der Waals surface area contributed by atoms with E-state index in [1.807, 2.05) is 24.3 Å². The fourth-order valence-electron chi connectivity index (χ4n) is 1.83. The Morgan fingerprint density at radius 3 is 2.76 bits per heavy atom. The molecule has 0 spiro atoms. The van der Waals surface area contributed by atoms with Crippen molar-refractivity contribution in [3.8, 4) is 6.07 Å². The second kappa shape index (κ2) is 7.30. The first-order valence-corrected chi connectivity index (χ1v) is 7.94. The van der Waals surface area contributed by atoms with Crippen molar-refractivity contribution in [2.24, 2.45) is 0 Å². The van der Waals surface area contributed by atoms with Gasteiger partial charge >= 0.3 is 0 Å². The Balaban J connectivity index is 2.39. The molecule has 0 amide bonds. The maximum Gasteiger partial charge on any atom is 0.189 e. The van der Waals surface area contributed by atoms with Gasteiger partial charge in [-0.3, -0.25) is 0 Å². The number of nitrogens with two attached hydrogens (primary N) is 1. The van der Waals surface area contributed by atoms with Crippen molar-refractivity contribution in [2.75, 3.05) is 11.5 Å². The van der Waals surface area contributed by atoms with Gasteiger partial charge in [0.15, 0.2) is 5.16 Å². The average molecular weight is 319 g/mol. The smallest absolute Gasteiger partial charge is 0.189 e.